The van der Waals surface area contributed by atoms with Gasteiger partial charge in [0, 0.05) is 18.0 Å². The van der Waals surface area contributed by atoms with E-state index in [1.54, 1.807) is 19.2 Å². The fourth-order valence-electron chi connectivity index (χ4n) is 3.02. The molecule has 0 bridgehead atoms. The van der Waals surface area contributed by atoms with Crippen molar-refractivity contribution in [1.82, 2.24) is 20.3 Å². The van der Waals surface area contributed by atoms with E-state index in [0.29, 0.717) is 23.9 Å². The van der Waals surface area contributed by atoms with Gasteiger partial charge in [-0.25, -0.2) is 9.97 Å². The average Bonchev–Trinajstić information content (AvgIpc) is 2.63. The molecule has 0 saturated heterocycles. The lowest BCUT2D eigenvalue weighted by molar-refractivity contribution is 0.0945. The lowest BCUT2D eigenvalue weighted by Crippen LogP contribution is -2.24. The first-order valence-electron chi connectivity index (χ1n) is 8.81. The van der Waals surface area contributed by atoms with E-state index in [0.717, 1.165) is 22.5 Å². The first-order valence-corrected chi connectivity index (χ1v) is 8.81. The number of rotatable bonds is 5. The molecule has 0 radical (unpaired) electrons. The largest absolute Gasteiger partial charge is 0.345 e. The van der Waals surface area contributed by atoms with E-state index in [9.17, 15) is 4.79 Å². The number of pyridine rings is 1. The van der Waals surface area contributed by atoms with E-state index in [1.807, 2.05) is 18.2 Å². The number of benzene rings is 1. The minimum Gasteiger partial charge on any atom is -0.345 e. The van der Waals surface area contributed by atoms with Gasteiger partial charge >= 0.3 is 0 Å². The summed E-state index contributed by atoms with van der Waals surface area (Å²) >= 11 is 0. The fraction of sp³-hybridized carbons (Fsp3) is 0.238. The number of aromatic nitrogens is 3. The maximum Gasteiger partial charge on any atom is 0.270 e. The number of hydrogen-bond donors (Lipinski definition) is 2. The molecule has 0 aliphatic rings. The second kappa shape index (κ2) is 7.95. The Kier molecular flexibility index (Phi) is 5.45. The number of nitrogens with zero attached hydrogens (tertiary/aromatic N) is 3. The summed E-state index contributed by atoms with van der Waals surface area (Å²) in [6, 6.07) is 11.5. The third-order valence-electron chi connectivity index (χ3n) is 4.16. The molecular weight excluding hydrogens is 338 g/mol. The minimum absolute atomic E-state index is 0.258. The molecule has 0 aliphatic heterocycles. The highest BCUT2D eigenvalue weighted by Gasteiger charge is 2.12. The molecule has 2 aromatic heterocycles. The lowest BCUT2D eigenvalue weighted by Gasteiger charge is -2.14. The number of amides is 1. The number of anilines is 2. The molecule has 0 saturated carbocycles. The highest BCUT2D eigenvalue weighted by Crippen LogP contribution is 2.25. The van der Waals surface area contributed by atoms with Crippen molar-refractivity contribution in [1.29, 1.82) is 0 Å². The fourth-order valence-corrected chi connectivity index (χ4v) is 3.02. The van der Waals surface area contributed by atoms with Gasteiger partial charge in [-0.1, -0.05) is 23.8 Å². The van der Waals surface area contributed by atoms with Crippen molar-refractivity contribution in [3.63, 3.8) is 0 Å². The summed E-state index contributed by atoms with van der Waals surface area (Å²) < 4.78 is 0. The Hall–Kier alpha value is -3.28. The molecule has 6 nitrogen and oxygen atoms in total. The van der Waals surface area contributed by atoms with Crippen LogP contribution in [0.5, 0.6) is 0 Å². The molecule has 0 fully saturated rings. The van der Waals surface area contributed by atoms with Gasteiger partial charge in [0.25, 0.3) is 5.91 Å². The van der Waals surface area contributed by atoms with Gasteiger partial charge in [0.1, 0.15) is 17.3 Å². The molecule has 3 rings (SSSR count). The zero-order chi connectivity index (χ0) is 19.4. The molecule has 6 heteroatoms. The highest BCUT2D eigenvalue weighted by atomic mass is 16.1. The molecule has 0 unspecified atom stereocenters. The molecule has 0 atom stereocenters. The summed E-state index contributed by atoms with van der Waals surface area (Å²) in [7, 11) is 0. The van der Waals surface area contributed by atoms with E-state index >= 15 is 0 Å². The van der Waals surface area contributed by atoms with Crippen LogP contribution in [0.15, 0.2) is 42.6 Å². The molecule has 2 N–H and O–H groups in total. The van der Waals surface area contributed by atoms with Gasteiger partial charge in [-0.3, -0.25) is 9.78 Å². The summed E-state index contributed by atoms with van der Waals surface area (Å²) in [5.41, 5.74) is 5.58. The maximum absolute atomic E-state index is 12.5. The van der Waals surface area contributed by atoms with Crippen molar-refractivity contribution < 1.29 is 4.79 Å². The first kappa shape index (κ1) is 18.5. The number of carbonyl (C=O) groups excluding carboxylic acids is 1. The first-order chi connectivity index (χ1) is 12.9. The van der Waals surface area contributed by atoms with Crippen LogP contribution in [0.1, 0.15) is 38.7 Å². The van der Waals surface area contributed by atoms with Gasteiger partial charge in [0.05, 0.1) is 12.2 Å². The summed E-state index contributed by atoms with van der Waals surface area (Å²) in [5, 5.41) is 6.18. The van der Waals surface area contributed by atoms with E-state index in [1.165, 1.54) is 5.56 Å². The molecule has 1 amide bonds. The standard InChI is InChI=1S/C21H23N5O/c1-13-9-14(2)20(15(3)10-13)26-19-11-18(24-16(4)25-19)21(27)23-12-17-7-5-6-8-22-17/h5-11H,12H2,1-4H3,(H,23,27)(H,24,25,26). The molecule has 0 spiro atoms. The molecule has 1 aromatic carbocycles. The van der Waals surface area contributed by atoms with Crippen LogP contribution in [0.2, 0.25) is 0 Å². The monoisotopic (exact) mass is 361 g/mol. The summed E-state index contributed by atoms with van der Waals surface area (Å²) in [6.07, 6.45) is 1.70. The van der Waals surface area contributed by atoms with Crippen molar-refractivity contribution >= 4 is 17.4 Å². The highest BCUT2D eigenvalue weighted by molar-refractivity contribution is 5.93. The normalized spacial score (nSPS) is 10.5. The van der Waals surface area contributed by atoms with Crippen LogP contribution in [-0.4, -0.2) is 20.9 Å². The van der Waals surface area contributed by atoms with E-state index in [-0.39, 0.29) is 5.91 Å². The van der Waals surface area contributed by atoms with Crippen LogP contribution in [0, 0.1) is 27.7 Å². The number of carbonyl (C=O) groups is 1. The van der Waals surface area contributed by atoms with Crippen LogP contribution < -0.4 is 10.6 Å². The van der Waals surface area contributed by atoms with Crippen molar-refractivity contribution in [2.45, 2.75) is 34.2 Å². The molecular formula is C21H23N5O. The summed E-state index contributed by atoms with van der Waals surface area (Å²) in [4.78, 5) is 25.4. The van der Waals surface area contributed by atoms with E-state index in [2.05, 4.69) is 58.5 Å². The Morgan fingerprint density at radius 3 is 2.41 bits per heavy atom. The third kappa shape index (κ3) is 4.67. The number of hydrogen-bond acceptors (Lipinski definition) is 5. The predicted octanol–water partition coefficient (Wildman–Crippen LogP) is 3.78. The quantitative estimate of drug-likeness (QED) is 0.723. The maximum atomic E-state index is 12.5. The van der Waals surface area contributed by atoms with Crippen LogP contribution in [0.4, 0.5) is 11.5 Å². The van der Waals surface area contributed by atoms with Crippen molar-refractivity contribution in [2.75, 3.05) is 5.32 Å². The molecule has 0 aliphatic carbocycles. The molecule has 138 valence electrons. The second-order valence-electron chi connectivity index (χ2n) is 6.59. The van der Waals surface area contributed by atoms with Crippen molar-refractivity contribution in [2.24, 2.45) is 0 Å². The Morgan fingerprint density at radius 2 is 1.74 bits per heavy atom. The summed E-state index contributed by atoms with van der Waals surface area (Å²) in [6.45, 7) is 8.30. The van der Waals surface area contributed by atoms with Gasteiger partial charge in [-0.15, -0.1) is 0 Å². The number of aryl methyl sites for hydroxylation is 4. The second-order valence-corrected chi connectivity index (χ2v) is 6.59. The van der Waals surface area contributed by atoms with Crippen LogP contribution in [-0.2, 0) is 6.54 Å². The minimum atomic E-state index is -0.258. The lowest BCUT2D eigenvalue weighted by atomic mass is 10.1. The predicted molar refractivity (Wildman–Crippen MR) is 106 cm³/mol. The van der Waals surface area contributed by atoms with Gasteiger partial charge in [0.2, 0.25) is 0 Å². The Labute approximate surface area is 159 Å². The topological polar surface area (TPSA) is 79.8 Å². The van der Waals surface area contributed by atoms with Crippen LogP contribution in [0.3, 0.4) is 0 Å². The molecule has 27 heavy (non-hydrogen) atoms. The summed E-state index contributed by atoms with van der Waals surface area (Å²) in [5.74, 6) is 0.873. The van der Waals surface area contributed by atoms with Gasteiger partial charge in [-0.2, -0.15) is 0 Å². The van der Waals surface area contributed by atoms with E-state index in [4.69, 9.17) is 0 Å². The third-order valence-corrected chi connectivity index (χ3v) is 4.16. The van der Waals surface area contributed by atoms with Crippen LogP contribution >= 0.6 is 0 Å². The van der Waals surface area contributed by atoms with Crippen LogP contribution in [0.25, 0.3) is 0 Å². The van der Waals surface area contributed by atoms with Crippen molar-refractivity contribution in [3.05, 3.63) is 76.5 Å². The molecule has 2 heterocycles. The van der Waals surface area contributed by atoms with Crippen molar-refractivity contribution in [3.8, 4) is 0 Å². The molecule has 3 aromatic rings. The smallest absolute Gasteiger partial charge is 0.270 e. The SMILES string of the molecule is Cc1cc(C)c(Nc2cc(C(=O)NCc3ccccn3)nc(C)n2)c(C)c1. The zero-order valence-corrected chi connectivity index (χ0v) is 16.0. The van der Waals surface area contributed by atoms with Gasteiger partial charge < -0.3 is 10.6 Å². The van der Waals surface area contributed by atoms with E-state index < -0.39 is 0 Å². The Bertz CT molecular complexity index is 947. The average molecular weight is 361 g/mol. The van der Waals surface area contributed by atoms with Gasteiger partial charge in [-0.05, 0) is 51.0 Å². The zero-order valence-electron chi connectivity index (χ0n) is 16.0. The van der Waals surface area contributed by atoms with Gasteiger partial charge in [0.15, 0.2) is 0 Å². The Balaban J connectivity index is 1.79. The number of nitrogens with one attached hydrogen (secondary N) is 2. The Morgan fingerprint density at radius 1 is 1.00 bits per heavy atom.